The molecule has 4 nitrogen and oxygen atoms in total. The Morgan fingerprint density at radius 2 is 1.59 bits per heavy atom. The minimum Gasteiger partial charge on any atom is -0.360 e. The molecule has 2 N–H and O–H groups in total. The number of hydrogen-bond acceptors (Lipinski definition) is 3. The van der Waals surface area contributed by atoms with Crippen molar-refractivity contribution in [3.05, 3.63) is 0 Å². The van der Waals surface area contributed by atoms with Gasteiger partial charge < -0.3 is 10.6 Å². The third-order valence-electron chi connectivity index (χ3n) is 4.51. The average molecular weight is 325 g/mol. The number of nitrogens with zero attached hydrogens (tertiary/aromatic N) is 2. The summed E-state index contributed by atoms with van der Waals surface area (Å²) in [5, 5.41) is 17.0. The fraction of sp³-hybridized carbons (Fsp3) is 0.941. The van der Waals surface area contributed by atoms with Gasteiger partial charge in [-0.3, -0.25) is 0 Å². The molecule has 0 bridgehead atoms. The minimum atomic E-state index is -0.287. The van der Waals surface area contributed by atoms with E-state index in [1.54, 1.807) is 0 Å². The van der Waals surface area contributed by atoms with Crippen molar-refractivity contribution in [2.75, 3.05) is 0 Å². The van der Waals surface area contributed by atoms with Gasteiger partial charge in [0.25, 0.3) is 0 Å². The SMILES string of the molecule is CC(C)(C)/N=N/C1(NC(=S)NC2CCCCC2)CCCCC1. The predicted octanol–water partition coefficient (Wildman–Crippen LogP) is 4.69. The number of thiocarbonyl (C=S) groups is 1. The van der Waals surface area contributed by atoms with Crippen LogP contribution in [0, 0.1) is 0 Å². The van der Waals surface area contributed by atoms with Gasteiger partial charge in [-0.25, -0.2) is 0 Å². The summed E-state index contributed by atoms with van der Waals surface area (Å²) >= 11 is 5.57. The van der Waals surface area contributed by atoms with Gasteiger partial charge in [0, 0.05) is 6.04 Å². The van der Waals surface area contributed by atoms with Gasteiger partial charge in [0.15, 0.2) is 10.8 Å². The second-order valence-electron chi connectivity index (χ2n) is 7.90. The van der Waals surface area contributed by atoms with Gasteiger partial charge in [-0.2, -0.15) is 10.2 Å². The lowest BCUT2D eigenvalue weighted by Gasteiger charge is -2.36. The quantitative estimate of drug-likeness (QED) is 0.584. The standard InChI is InChI=1S/C17H32N4S/c1-16(2,3)20-21-17(12-8-5-9-13-17)19-15(22)18-14-10-6-4-7-11-14/h14H,4-13H2,1-3H3,(H2,18,19,22)/b21-20+. The molecular formula is C17H32N4S. The molecule has 2 rings (SSSR count). The van der Waals surface area contributed by atoms with E-state index in [9.17, 15) is 0 Å². The van der Waals surface area contributed by atoms with Crippen LogP contribution in [-0.4, -0.2) is 22.4 Å². The zero-order valence-corrected chi connectivity index (χ0v) is 15.3. The molecule has 22 heavy (non-hydrogen) atoms. The van der Waals surface area contributed by atoms with E-state index in [1.165, 1.54) is 51.4 Å². The number of rotatable bonds is 3. The third-order valence-corrected chi connectivity index (χ3v) is 4.73. The molecule has 2 aliphatic carbocycles. The largest absolute Gasteiger partial charge is 0.360 e. The first-order chi connectivity index (χ1) is 10.4. The Kier molecular flexibility index (Phi) is 6.18. The predicted molar refractivity (Wildman–Crippen MR) is 96.2 cm³/mol. The number of azo groups is 1. The van der Waals surface area contributed by atoms with E-state index in [0.29, 0.717) is 6.04 Å². The summed E-state index contributed by atoms with van der Waals surface area (Å²) in [6.07, 6.45) is 12.2. The fourth-order valence-corrected chi connectivity index (χ4v) is 3.67. The maximum absolute atomic E-state index is 5.57. The van der Waals surface area contributed by atoms with Crippen molar-refractivity contribution in [2.24, 2.45) is 10.2 Å². The van der Waals surface area contributed by atoms with Crippen LogP contribution in [0.25, 0.3) is 0 Å². The van der Waals surface area contributed by atoms with Gasteiger partial charge in [-0.15, -0.1) is 0 Å². The summed E-state index contributed by atoms with van der Waals surface area (Å²) in [5.74, 6) is 0. The molecule has 0 unspecified atom stereocenters. The van der Waals surface area contributed by atoms with Crippen LogP contribution in [0.3, 0.4) is 0 Å². The summed E-state index contributed by atoms with van der Waals surface area (Å²) in [7, 11) is 0. The molecule has 0 heterocycles. The lowest BCUT2D eigenvalue weighted by Crippen LogP contribution is -2.54. The van der Waals surface area contributed by atoms with Crippen LogP contribution in [0.1, 0.15) is 85.0 Å². The average Bonchev–Trinajstić information content (AvgIpc) is 2.46. The molecule has 126 valence electrons. The Morgan fingerprint density at radius 1 is 1.00 bits per heavy atom. The van der Waals surface area contributed by atoms with Crippen LogP contribution in [-0.2, 0) is 0 Å². The van der Waals surface area contributed by atoms with E-state index in [4.69, 9.17) is 17.3 Å². The van der Waals surface area contributed by atoms with Crippen LogP contribution in [0.4, 0.5) is 0 Å². The lowest BCUT2D eigenvalue weighted by molar-refractivity contribution is 0.253. The number of nitrogens with one attached hydrogen (secondary N) is 2. The smallest absolute Gasteiger partial charge is 0.168 e. The van der Waals surface area contributed by atoms with Crippen molar-refractivity contribution in [3.63, 3.8) is 0 Å². The Bertz CT molecular complexity index is 388. The molecule has 0 aromatic rings. The van der Waals surface area contributed by atoms with E-state index in [2.05, 4.69) is 36.5 Å². The van der Waals surface area contributed by atoms with Gasteiger partial charge in [0.2, 0.25) is 0 Å². The first-order valence-corrected chi connectivity index (χ1v) is 9.32. The Labute approximate surface area is 140 Å². The van der Waals surface area contributed by atoms with E-state index in [1.807, 2.05) is 0 Å². The van der Waals surface area contributed by atoms with Gasteiger partial charge in [-0.1, -0.05) is 25.7 Å². The van der Waals surface area contributed by atoms with Gasteiger partial charge in [0.05, 0.1) is 5.54 Å². The molecule has 2 saturated carbocycles. The molecule has 0 radical (unpaired) electrons. The van der Waals surface area contributed by atoms with Gasteiger partial charge >= 0.3 is 0 Å². The normalized spacial score (nSPS) is 23.4. The highest BCUT2D eigenvalue weighted by atomic mass is 32.1. The molecule has 0 atom stereocenters. The summed E-state index contributed by atoms with van der Waals surface area (Å²) in [6.45, 7) is 6.27. The maximum atomic E-state index is 5.57. The van der Waals surface area contributed by atoms with Crippen LogP contribution in [0.15, 0.2) is 10.2 Å². The van der Waals surface area contributed by atoms with Crippen molar-refractivity contribution in [1.82, 2.24) is 10.6 Å². The van der Waals surface area contributed by atoms with Crippen molar-refractivity contribution in [3.8, 4) is 0 Å². The first-order valence-electron chi connectivity index (χ1n) is 8.91. The maximum Gasteiger partial charge on any atom is 0.168 e. The molecule has 0 aliphatic heterocycles. The lowest BCUT2D eigenvalue weighted by atomic mass is 9.89. The molecule has 0 amide bonds. The van der Waals surface area contributed by atoms with Crippen LogP contribution >= 0.6 is 12.2 Å². The van der Waals surface area contributed by atoms with Crippen LogP contribution in [0.5, 0.6) is 0 Å². The molecule has 2 fully saturated rings. The van der Waals surface area contributed by atoms with Crippen molar-refractivity contribution in [2.45, 2.75) is 102 Å². The van der Waals surface area contributed by atoms with E-state index >= 15 is 0 Å². The molecular weight excluding hydrogens is 292 g/mol. The van der Waals surface area contributed by atoms with Gasteiger partial charge in [-0.05, 0) is 71.5 Å². The Morgan fingerprint density at radius 3 is 2.18 bits per heavy atom. The molecule has 0 aromatic heterocycles. The first kappa shape index (κ1) is 17.6. The Hall–Kier alpha value is -0.710. The van der Waals surface area contributed by atoms with Gasteiger partial charge in [0.1, 0.15) is 0 Å². The minimum absolute atomic E-state index is 0.134. The third kappa shape index (κ3) is 5.82. The summed E-state index contributed by atoms with van der Waals surface area (Å²) in [5.41, 5.74) is -0.422. The molecule has 2 aliphatic rings. The van der Waals surface area contributed by atoms with Crippen molar-refractivity contribution < 1.29 is 0 Å². The van der Waals surface area contributed by atoms with E-state index < -0.39 is 0 Å². The molecule has 0 saturated heterocycles. The van der Waals surface area contributed by atoms with Crippen LogP contribution in [0.2, 0.25) is 0 Å². The van der Waals surface area contributed by atoms with E-state index in [-0.39, 0.29) is 11.2 Å². The highest BCUT2D eigenvalue weighted by Crippen LogP contribution is 2.31. The van der Waals surface area contributed by atoms with E-state index in [0.717, 1.165) is 18.0 Å². The highest BCUT2D eigenvalue weighted by Gasteiger charge is 2.33. The fourth-order valence-electron chi connectivity index (χ4n) is 3.31. The van der Waals surface area contributed by atoms with Crippen molar-refractivity contribution in [1.29, 1.82) is 0 Å². The summed E-state index contributed by atoms with van der Waals surface area (Å²) in [6, 6.07) is 0.536. The summed E-state index contributed by atoms with van der Waals surface area (Å²) < 4.78 is 0. The zero-order valence-electron chi connectivity index (χ0n) is 14.5. The monoisotopic (exact) mass is 324 g/mol. The number of hydrogen-bond donors (Lipinski definition) is 2. The highest BCUT2D eigenvalue weighted by molar-refractivity contribution is 7.80. The zero-order chi connectivity index (χ0) is 16.1. The second-order valence-corrected chi connectivity index (χ2v) is 8.30. The topological polar surface area (TPSA) is 48.8 Å². The van der Waals surface area contributed by atoms with Crippen molar-refractivity contribution >= 4 is 17.3 Å². The molecule has 0 aromatic carbocycles. The Balaban J connectivity index is 1.96. The summed E-state index contributed by atoms with van der Waals surface area (Å²) in [4.78, 5) is 0. The molecule has 0 spiro atoms. The van der Waals surface area contributed by atoms with Crippen LogP contribution < -0.4 is 10.6 Å². The second kappa shape index (κ2) is 7.71. The molecule has 5 heteroatoms.